The molecule has 3 heterocycles. The van der Waals surface area contributed by atoms with Crippen LogP contribution in [-0.2, 0) is 0 Å². The Hall–Kier alpha value is -1.83. The Morgan fingerprint density at radius 3 is 2.91 bits per heavy atom. The summed E-state index contributed by atoms with van der Waals surface area (Å²) in [5, 5.41) is 20.2. The van der Waals surface area contributed by atoms with Gasteiger partial charge >= 0.3 is 0 Å². The summed E-state index contributed by atoms with van der Waals surface area (Å²) < 4.78 is 1.08. The molecular weight excluding hydrogens is 334 g/mol. The van der Waals surface area contributed by atoms with Crippen LogP contribution in [0, 0.1) is 0 Å². The van der Waals surface area contributed by atoms with Crippen LogP contribution in [0.1, 0.15) is 19.3 Å². The maximum Gasteiger partial charge on any atom is 0.126 e. The lowest BCUT2D eigenvalue weighted by Gasteiger charge is -2.14. The molecule has 1 fully saturated rings. The number of nitrogen functional groups attached to an aromatic ring is 1. The maximum absolute atomic E-state index is 9.69. The molecule has 2 atom stereocenters. The van der Waals surface area contributed by atoms with Gasteiger partial charge in [0, 0.05) is 18.3 Å². The van der Waals surface area contributed by atoms with Crippen molar-refractivity contribution in [2.45, 2.75) is 31.4 Å². The number of nitrogens with zero attached hydrogens (tertiary/aromatic N) is 2. The van der Waals surface area contributed by atoms with Crippen LogP contribution in [-0.4, -0.2) is 32.4 Å². The Labute approximate surface area is 143 Å². The molecule has 0 amide bonds. The van der Waals surface area contributed by atoms with Gasteiger partial charge in [0.05, 0.1) is 32.6 Å². The lowest BCUT2D eigenvalue weighted by atomic mass is 10.2. The van der Waals surface area contributed by atoms with Gasteiger partial charge in [0.15, 0.2) is 0 Å². The predicted molar refractivity (Wildman–Crippen MR) is 96.1 cm³/mol. The predicted octanol–water partition coefficient (Wildman–Crippen LogP) is 3.02. The van der Waals surface area contributed by atoms with Crippen molar-refractivity contribution >= 4 is 45.5 Å². The number of aliphatic hydroxyl groups excluding tert-OH is 1. The number of nitrogens with one attached hydrogen (secondary N) is 2. The summed E-state index contributed by atoms with van der Waals surface area (Å²) in [6.07, 6.45) is 4.15. The van der Waals surface area contributed by atoms with Gasteiger partial charge in [0.25, 0.3) is 0 Å². The summed E-state index contributed by atoms with van der Waals surface area (Å²) in [5.41, 5.74) is 8.80. The van der Waals surface area contributed by atoms with Crippen molar-refractivity contribution < 1.29 is 5.11 Å². The van der Waals surface area contributed by atoms with Crippen molar-refractivity contribution in [2.75, 3.05) is 11.1 Å². The largest absolute Gasteiger partial charge is 0.393 e. The summed E-state index contributed by atoms with van der Waals surface area (Å²) in [6.45, 7) is 0. The highest BCUT2D eigenvalue weighted by molar-refractivity contribution is 7.22. The molecule has 8 heteroatoms. The molecule has 0 aromatic carbocycles. The minimum Gasteiger partial charge on any atom is -0.393 e. The molecular formula is C15H18ClN5OS. The summed E-state index contributed by atoms with van der Waals surface area (Å²) in [7, 11) is 0. The third kappa shape index (κ3) is 3.12. The number of aromatic amines is 1. The molecule has 1 aliphatic carbocycles. The summed E-state index contributed by atoms with van der Waals surface area (Å²) >= 11 is 1.66. The summed E-state index contributed by atoms with van der Waals surface area (Å²) in [6, 6.07) is 6.13. The van der Waals surface area contributed by atoms with E-state index in [0.29, 0.717) is 5.82 Å². The van der Waals surface area contributed by atoms with E-state index in [1.54, 1.807) is 17.5 Å². The molecule has 3 aromatic heterocycles. The number of anilines is 2. The first-order valence-electron chi connectivity index (χ1n) is 7.33. The Kier molecular flexibility index (Phi) is 4.43. The fourth-order valence-corrected chi connectivity index (χ4v) is 4.04. The normalized spacial score (nSPS) is 20.6. The number of nitrogens with two attached hydrogens (primary N) is 1. The molecule has 6 nitrogen and oxygen atoms in total. The van der Waals surface area contributed by atoms with Crippen molar-refractivity contribution in [2.24, 2.45) is 0 Å². The lowest BCUT2D eigenvalue weighted by molar-refractivity contribution is 0.182. The van der Waals surface area contributed by atoms with E-state index >= 15 is 0 Å². The monoisotopic (exact) mass is 351 g/mol. The van der Waals surface area contributed by atoms with E-state index in [0.717, 1.165) is 45.7 Å². The van der Waals surface area contributed by atoms with Gasteiger partial charge in [0.1, 0.15) is 5.82 Å². The first kappa shape index (κ1) is 16.0. The summed E-state index contributed by atoms with van der Waals surface area (Å²) in [4.78, 5) is 5.50. The first-order valence-corrected chi connectivity index (χ1v) is 8.15. The van der Waals surface area contributed by atoms with E-state index in [4.69, 9.17) is 5.73 Å². The average Bonchev–Trinajstić information content (AvgIpc) is 3.18. The van der Waals surface area contributed by atoms with Crippen LogP contribution >= 0.6 is 23.7 Å². The second kappa shape index (κ2) is 6.35. The fraction of sp³-hybridized carbons (Fsp3) is 0.333. The molecule has 0 bridgehead atoms. The number of fused-ring (bicyclic) bond motifs is 1. The standard InChI is InChI=1S/C15H17N5OS.ClH/c16-14-7-12(18-8-1-2-9(21)5-8)15-11(19-14)6-13(22-15)10-3-4-17-20-10;/h3-4,6-9,21H,1-2,5H2,(H,17,20)(H3,16,18,19);1H/t8-,9-;/m1./s1. The van der Waals surface area contributed by atoms with Gasteiger partial charge in [-0.1, -0.05) is 0 Å². The molecule has 0 radical (unpaired) electrons. The minimum atomic E-state index is -0.198. The van der Waals surface area contributed by atoms with E-state index in [-0.39, 0.29) is 24.6 Å². The highest BCUT2D eigenvalue weighted by Crippen LogP contribution is 2.38. The van der Waals surface area contributed by atoms with E-state index in [2.05, 4.69) is 20.5 Å². The molecule has 0 saturated heterocycles. The lowest BCUT2D eigenvalue weighted by Crippen LogP contribution is -2.16. The van der Waals surface area contributed by atoms with Gasteiger partial charge in [-0.15, -0.1) is 23.7 Å². The third-order valence-electron chi connectivity index (χ3n) is 4.03. The van der Waals surface area contributed by atoms with E-state index in [9.17, 15) is 5.11 Å². The molecule has 1 saturated carbocycles. The molecule has 23 heavy (non-hydrogen) atoms. The van der Waals surface area contributed by atoms with Gasteiger partial charge in [-0.25, -0.2) is 4.98 Å². The molecule has 4 rings (SSSR count). The van der Waals surface area contributed by atoms with Crippen LogP contribution in [0.5, 0.6) is 0 Å². The third-order valence-corrected chi connectivity index (χ3v) is 5.22. The van der Waals surface area contributed by atoms with Crippen LogP contribution in [0.2, 0.25) is 0 Å². The Morgan fingerprint density at radius 1 is 1.35 bits per heavy atom. The molecule has 0 spiro atoms. The Balaban J connectivity index is 0.00000156. The van der Waals surface area contributed by atoms with Gasteiger partial charge in [-0.3, -0.25) is 5.10 Å². The quantitative estimate of drug-likeness (QED) is 0.581. The van der Waals surface area contributed by atoms with Crippen molar-refractivity contribution in [1.29, 1.82) is 0 Å². The molecule has 0 unspecified atom stereocenters. The van der Waals surface area contributed by atoms with Crippen LogP contribution < -0.4 is 11.1 Å². The second-order valence-corrected chi connectivity index (χ2v) is 6.75. The topological polar surface area (TPSA) is 99.9 Å². The number of thiophene rings is 1. The smallest absolute Gasteiger partial charge is 0.126 e. The number of hydrogen-bond donors (Lipinski definition) is 4. The SMILES string of the molecule is Cl.Nc1cc(N[C@@H]2CC[C@@H](O)C2)c2sc(-c3ccn[nH]3)cc2n1. The molecule has 5 N–H and O–H groups in total. The fourth-order valence-electron chi connectivity index (χ4n) is 2.98. The molecule has 3 aromatic rings. The Morgan fingerprint density at radius 2 is 2.22 bits per heavy atom. The number of pyridine rings is 1. The van der Waals surface area contributed by atoms with Crippen molar-refractivity contribution in [1.82, 2.24) is 15.2 Å². The van der Waals surface area contributed by atoms with Crippen molar-refractivity contribution in [3.63, 3.8) is 0 Å². The summed E-state index contributed by atoms with van der Waals surface area (Å²) in [5.74, 6) is 0.502. The van der Waals surface area contributed by atoms with Gasteiger partial charge in [-0.05, 0) is 31.4 Å². The average molecular weight is 352 g/mol. The van der Waals surface area contributed by atoms with E-state index < -0.39 is 0 Å². The van der Waals surface area contributed by atoms with Crippen LogP contribution in [0.15, 0.2) is 24.4 Å². The van der Waals surface area contributed by atoms with Gasteiger partial charge < -0.3 is 16.2 Å². The highest BCUT2D eigenvalue weighted by Gasteiger charge is 2.23. The zero-order valence-electron chi connectivity index (χ0n) is 12.3. The van der Waals surface area contributed by atoms with Crippen molar-refractivity contribution in [3.05, 3.63) is 24.4 Å². The molecule has 0 aliphatic heterocycles. The second-order valence-electron chi connectivity index (χ2n) is 5.70. The van der Waals surface area contributed by atoms with E-state index in [1.165, 1.54) is 0 Å². The van der Waals surface area contributed by atoms with Crippen molar-refractivity contribution in [3.8, 4) is 10.6 Å². The van der Waals surface area contributed by atoms with Gasteiger partial charge in [0.2, 0.25) is 0 Å². The Bertz CT molecular complexity index is 804. The zero-order chi connectivity index (χ0) is 15.1. The van der Waals surface area contributed by atoms with Crippen LogP contribution in [0.4, 0.5) is 11.5 Å². The van der Waals surface area contributed by atoms with Gasteiger partial charge in [-0.2, -0.15) is 5.10 Å². The number of H-pyrrole nitrogens is 1. The number of aromatic nitrogens is 3. The first-order chi connectivity index (χ1) is 10.7. The number of halogens is 1. The van der Waals surface area contributed by atoms with Crippen LogP contribution in [0.3, 0.4) is 0 Å². The molecule has 122 valence electrons. The maximum atomic E-state index is 9.69. The number of rotatable bonds is 3. The van der Waals surface area contributed by atoms with E-state index in [1.807, 2.05) is 18.2 Å². The van der Waals surface area contributed by atoms with Crippen LogP contribution in [0.25, 0.3) is 20.8 Å². The number of aliphatic hydroxyl groups is 1. The number of hydrogen-bond acceptors (Lipinski definition) is 6. The minimum absolute atomic E-state index is 0. The zero-order valence-corrected chi connectivity index (χ0v) is 14.0. The molecule has 1 aliphatic rings. The highest BCUT2D eigenvalue weighted by atomic mass is 35.5.